The molecule has 1 N–H and O–H groups in total. The molecule has 0 aliphatic rings. The minimum atomic E-state index is -0.491. The molecule has 0 saturated carbocycles. The van der Waals surface area contributed by atoms with Crippen molar-refractivity contribution < 1.29 is 4.74 Å². The summed E-state index contributed by atoms with van der Waals surface area (Å²) in [7, 11) is 0. The van der Waals surface area contributed by atoms with Crippen LogP contribution in [0.2, 0.25) is 0 Å². The van der Waals surface area contributed by atoms with Crippen molar-refractivity contribution in [1.82, 2.24) is 5.43 Å². The van der Waals surface area contributed by atoms with Crippen molar-refractivity contribution in [3.8, 4) is 5.75 Å². The zero-order valence-corrected chi connectivity index (χ0v) is 12.8. The Hall–Kier alpha value is -1.36. The number of unbranched alkanes of at least 4 members (excludes halogenated alkanes) is 2. The third-order valence-electron chi connectivity index (χ3n) is 3.14. The van der Waals surface area contributed by atoms with Gasteiger partial charge in [0.25, 0.3) is 10.9 Å². The van der Waals surface area contributed by atoms with Crippen molar-refractivity contribution in [3.05, 3.63) is 20.4 Å². The molecule has 0 aliphatic heterocycles. The Balaban J connectivity index is 2.76. The van der Waals surface area contributed by atoms with Crippen LogP contribution in [0.1, 0.15) is 52.9 Å². The highest BCUT2D eigenvalue weighted by Crippen LogP contribution is 2.21. The van der Waals surface area contributed by atoms with Crippen LogP contribution in [0.15, 0.2) is 9.59 Å². The van der Waals surface area contributed by atoms with Crippen molar-refractivity contribution in [2.45, 2.75) is 52.9 Å². The van der Waals surface area contributed by atoms with Crippen molar-refractivity contribution in [2.75, 3.05) is 24.7 Å². The minimum Gasteiger partial charge on any atom is -0.487 e. The summed E-state index contributed by atoms with van der Waals surface area (Å²) in [5, 5.41) is 1.78. The first kappa shape index (κ1) is 16.7. The number of hydrogen-bond donors (Lipinski definition) is 1. The quantitative estimate of drug-likeness (QED) is 0.382. The maximum absolute atomic E-state index is 11.8. The summed E-state index contributed by atoms with van der Waals surface area (Å²) in [5.74, 6) is 0.237. The van der Waals surface area contributed by atoms with Gasteiger partial charge in [0.1, 0.15) is 0 Å². The van der Waals surface area contributed by atoms with Crippen LogP contribution < -0.4 is 26.0 Å². The summed E-state index contributed by atoms with van der Waals surface area (Å²) >= 11 is 0. The molecule has 0 radical (unpaired) electrons. The molecule has 114 valence electrons. The second kappa shape index (κ2) is 8.74. The molecule has 1 aromatic carbocycles. The molecule has 20 heavy (non-hydrogen) atoms. The van der Waals surface area contributed by atoms with E-state index >= 15 is 0 Å². The fraction of sp³-hybridized carbons (Fsp3) is 0.733. The van der Waals surface area contributed by atoms with E-state index in [2.05, 4.69) is 19.3 Å². The lowest BCUT2D eigenvalue weighted by molar-refractivity contribution is 0.302. The van der Waals surface area contributed by atoms with E-state index in [9.17, 15) is 9.59 Å². The molecule has 0 unspecified atom stereocenters. The van der Waals surface area contributed by atoms with Gasteiger partial charge in [-0.25, -0.2) is 5.43 Å². The summed E-state index contributed by atoms with van der Waals surface area (Å²) in [6, 6.07) is 0. The predicted octanol–water partition coefficient (Wildman–Crippen LogP) is 1.98. The number of rotatable bonds is 11. The van der Waals surface area contributed by atoms with Crippen LogP contribution in [0.5, 0.6) is 5.75 Å². The fourth-order valence-corrected chi connectivity index (χ4v) is 1.94. The number of nitrogens with one attached hydrogen (secondary N) is 1. The van der Waals surface area contributed by atoms with Gasteiger partial charge in [-0.05, 0) is 19.3 Å². The van der Waals surface area contributed by atoms with Gasteiger partial charge in [0.2, 0.25) is 0 Å². The molecule has 0 aliphatic carbocycles. The van der Waals surface area contributed by atoms with E-state index in [1.807, 2.05) is 6.92 Å². The number of anilines is 1. The van der Waals surface area contributed by atoms with E-state index in [1.54, 1.807) is 5.01 Å². The number of hydrogen-bond acceptors (Lipinski definition) is 5. The third-order valence-corrected chi connectivity index (χ3v) is 3.14. The monoisotopic (exact) mass is 282 g/mol. The lowest BCUT2D eigenvalue weighted by Crippen LogP contribution is -2.48. The van der Waals surface area contributed by atoms with Gasteiger partial charge in [-0.3, -0.25) is 9.59 Å². The fourth-order valence-electron chi connectivity index (χ4n) is 1.94. The highest BCUT2D eigenvalue weighted by atomic mass is 16.5. The first-order valence-electron chi connectivity index (χ1n) is 7.64. The Kier molecular flexibility index (Phi) is 7.30. The molecule has 5 nitrogen and oxygen atoms in total. The number of nitrogens with zero attached hydrogens (tertiary/aromatic N) is 1. The summed E-state index contributed by atoms with van der Waals surface area (Å²) in [6.07, 6.45) is 4.89. The van der Waals surface area contributed by atoms with Gasteiger partial charge >= 0.3 is 0 Å². The van der Waals surface area contributed by atoms with Crippen LogP contribution in [0.3, 0.4) is 0 Å². The Morgan fingerprint density at radius 1 is 1.00 bits per heavy atom. The van der Waals surface area contributed by atoms with Gasteiger partial charge in [-0.2, -0.15) is 0 Å². The number of hydrazine groups is 1. The van der Waals surface area contributed by atoms with E-state index in [-0.39, 0.29) is 5.75 Å². The maximum atomic E-state index is 11.8. The summed E-state index contributed by atoms with van der Waals surface area (Å²) in [4.78, 5) is 23.4. The predicted molar refractivity (Wildman–Crippen MR) is 82.3 cm³/mol. The highest BCUT2D eigenvalue weighted by molar-refractivity contribution is 5.63. The van der Waals surface area contributed by atoms with Crippen LogP contribution in [0, 0.1) is 0 Å². The van der Waals surface area contributed by atoms with E-state index in [4.69, 9.17) is 4.74 Å². The Bertz CT molecular complexity index is 464. The molecule has 1 rings (SSSR count). The third kappa shape index (κ3) is 4.07. The van der Waals surface area contributed by atoms with Crippen LogP contribution in [0.4, 0.5) is 5.69 Å². The van der Waals surface area contributed by atoms with Crippen molar-refractivity contribution >= 4 is 5.69 Å². The Labute approximate surface area is 120 Å². The molecule has 5 heteroatoms. The topological polar surface area (TPSA) is 58.6 Å². The van der Waals surface area contributed by atoms with E-state index in [1.165, 1.54) is 0 Å². The van der Waals surface area contributed by atoms with Crippen molar-refractivity contribution in [2.24, 2.45) is 0 Å². The highest BCUT2D eigenvalue weighted by Gasteiger charge is 2.27. The van der Waals surface area contributed by atoms with E-state index in [0.29, 0.717) is 18.8 Å². The van der Waals surface area contributed by atoms with Gasteiger partial charge < -0.3 is 9.75 Å². The van der Waals surface area contributed by atoms with Crippen LogP contribution in [0.25, 0.3) is 0 Å². The Morgan fingerprint density at radius 2 is 1.70 bits per heavy atom. The minimum absolute atomic E-state index is 0.237. The zero-order valence-electron chi connectivity index (χ0n) is 12.8. The van der Waals surface area contributed by atoms with Crippen LogP contribution in [-0.4, -0.2) is 19.7 Å². The molecular weight excluding hydrogens is 256 g/mol. The average molecular weight is 282 g/mol. The smallest absolute Gasteiger partial charge is 0.272 e. The first-order chi connectivity index (χ1) is 9.67. The maximum Gasteiger partial charge on any atom is 0.272 e. The first-order valence-corrected chi connectivity index (χ1v) is 7.64. The standard InChI is InChI=1S/C15H26N2O3/c1-4-7-9-16-17(10-6-3)12-13(18)14(19)15(12)20-11-8-5-2/h16H,4-11H2,1-3H3. The molecule has 1 aromatic rings. The van der Waals surface area contributed by atoms with Crippen molar-refractivity contribution in [3.63, 3.8) is 0 Å². The average Bonchev–Trinajstić information content (AvgIpc) is 2.45. The second-order valence-corrected chi connectivity index (χ2v) is 4.95. The van der Waals surface area contributed by atoms with Gasteiger partial charge in [0.05, 0.1) is 6.61 Å². The molecule has 0 fully saturated rings. The van der Waals surface area contributed by atoms with Gasteiger partial charge in [-0.1, -0.05) is 33.6 Å². The zero-order chi connectivity index (χ0) is 15.0. The van der Waals surface area contributed by atoms with Crippen molar-refractivity contribution in [1.29, 1.82) is 0 Å². The summed E-state index contributed by atoms with van der Waals surface area (Å²) in [6.45, 7) is 8.19. The molecule has 0 bridgehead atoms. The molecular formula is C15H26N2O3. The molecule has 0 amide bonds. The Morgan fingerprint density at radius 3 is 2.30 bits per heavy atom. The van der Waals surface area contributed by atoms with Gasteiger partial charge in [0, 0.05) is 13.1 Å². The lowest BCUT2D eigenvalue weighted by atomic mass is 10.2. The van der Waals surface area contributed by atoms with Crippen LogP contribution >= 0.6 is 0 Å². The normalized spacial score (nSPS) is 10.9. The molecule has 0 aromatic heterocycles. The number of ether oxygens (including phenoxy) is 1. The molecule has 0 spiro atoms. The molecule has 0 saturated heterocycles. The largest absolute Gasteiger partial charge is 0.487 e. The summed E-state index contributed by atoms with van der Waals surface area (Å²) in [5.41, 5.74) is 2.70. The van der Waals surface area contributed by atoms with E-state index < -0.39 is 10.9 Å². The molecule has 0 atom stereocenters. The van der Waals surface area contributed by atoms with Crippen LogP contribution in [-0.2, 0) is 0 Å². The second-order valence-electron chi connectivity index (χ2n) is 4.95. The van der Waals surface area contributed by atoms with Gasteiger partial charge in [0.15, 0.2) is 11.4 Å². The van der Waals surface area contributed by atoms with Gasteiger partial charge in [-0.15, -0.1) is 0 Å². The summed E-state index contributed by atoms with van der Waals surface area (Å²) < 4.78 is 5.47. The molecule has 0 heterocycles. The SMILES string of the molecule is CCCCNN(CCC)c1c(OCCCC)c(=O)c1=O. The van der Waals surface area contributed by atoms with E-state index in [0.717, 1.165) is 38.6 Å². The lowest BCUT2D eigenvalue weighted by Gasteiger charge is -2.27.